The van der Waals surface area contributed by atoms with Gasteiger partial charge in [-0.1, -0.05) is 13.8 Å². The molecule has 0 bridgehead atoms. The van der Waals surface area contributed by atoms with E-state index in [1.165, 1.54) is 0 Å². The smallest absolute Gasteiger partial charge is 0.232 e. The van der Waals surface area contributed by atoms with Gasteiger partial charge in [-0.05, 0) is 26.8 Å². The van der Waals surface area contributed by atoms with E-state index in [2.05, 4.69) is 20.2 Å². The molecule has 1 rings (SSSR count). The van der Waals surface area contributed by atoms with Crippen LogP contribution in [0, 0.1) is 13.8 Å². The molecule has 0 aliphatic rings. The van der Waals surface area contributed by atoms with Crippen molar-refractivity contribution in [2.24, 2.45) is 0 Å². The first-order chi connectivity index (χ1) is 8.32. The molecule has 0 saturated heterocycles. The van der Waals surface area contributed by atoms with Crippen LogP contribution in [0.2, 0.25) is 0 Å². The molecule has 0 aliphatic carbocycles. The molecule has 6 nitrogen and oxygen atoms in total. The van der Waals surface area contributed by atoms with Gasteiger partial charge in [0.15, 0.2) is 0 Å². The molecule has 1 aromatic heterocycles. The molecule has 1 aromatic rings. The molecule has 0 aromatic carbocycles. The van der Waals surface area contributed by atoms with Crippen molar-refractivity contribution in [1.29, 1.82) is 0 Å². The number of anilines is 1. The van der Waals surface area contributed by atoms with Crippen LogP contribution >= 0.6 is 0 Å². The number of aromatic amines is 1. The van der Waals surface area contributed by atoms with Crippen molar-refractivity contribution >= 4 is 15.7 Å². The molecule has 0 saturated carbocycles. The zero-order valence-corrected chi connectivity index (χ0v) is 12.2. The first kappa shape index (κ1) is 15.0. The lowest BCUT2D eigenvalue weighted by atomic mass is 10.3. The number of H-pyrrole nitrogens is 1. The van der Waals surface area contributed by atoms with Crippen molar-refractivity contribution in [2.75, 3.05) is 17.0 Å². The van der Waals surface area contributed by atoms with Gasteiger partial charge in [0.05, 0.1) is 22.8 Å². The van der Waals surface area contributed by atoms with E-state index >= 15 is 0 Å². The van der Waals surface area contributed by atoms with Crippen LogP contribution in [0.3, 0.4) is 0 Å². The molecule has 0 radical (unpaired) electrons. The summed E-state index contributed by atoms with van der Waals surface area (Å²) in [5.74, 6) is 0.108. The van der Waals surface area contributed by atoms with E-state index in [9.17, 15) is 8.42 Å². The molecule has 0 atom stereocenters. The van der Waals surface area contributed by atoms with Gasteiger partial charge in [-0.3, -0.25) is 9.82 Å². The highest BCUT2D eigenvalue weighted by Gasteiger charge is 2.15. The summed E-state index contributed by atoms with van der Waals surface area (Å²) in [5.41, 5.74) is 1.96. The van der Waals surface area contributed by atoms with E-state index in [1.54, 1.807) is 13.8 Å². The number of hydrogen-bond acceptors (Lipinski definition) is 4. The lowest BCUT2D eigenvalue weighted by Crippen LogP contribution is -2.26. The summed E-state index contributed by atoms with van der Waals surface area (Å²) >= 11 is 0. The van der Waals surface area contributed by atoms with Crippen LogP contribution in [0.4, 0.5) is 5.69 Å². The van der Waals surface area contributed by atoms with E-state index in [0.717, 1.165) is 5.69 Å². The summed E-state index contributed by atoms with van der Waals surface area (Å²) < 4.78 is 26.3. The Bertz CT molecular complexity index is 460. The molecular formula is C11H22N4O2S. The summed E-state index contributed by atoms with van der Waals surface area (Å²) in [7, 11) is -3.30. The van der Waals surface area contributed by atoms with Gasteiger partial charge in [-0.15, -0.1) is 0 Å². The predicted molar refractivity (Wildman–Crippen MR) is 73.2 cm³/mol. The second kappa shape index (κ2) is 6.19. The van der Waals surface area contributed by atoms with Gasteiger partial charge >= 0.3 is 0 Å². The van der Waals surface area contributed by atoms with E-state index in [0.29, 0.717) is 30.4 Å². The summed E-state index contributed by atoms with van der Waals surface area (Å²) in [6, 6.07) is 0.374. The maximum Gasteiger partial charge on any atom is 0.232 e. The van der Waals surface area contributed by atoms with Crippen LogP contribution < -0.4 is 10.0 Å². The van der Waals surface area contributed by atoms with Crippen molar-refractivity contribution < 1.29 is 8.42 Å². The maximum absolute atomic E-state index is 11.9. The first-order valence-corrected chi connectivity index (χ1v) is 7.72. The highest BCUT2D eigenvalue weighted by Crippen LogP contribution is 2.17. The number of nitrogens with one attached hydrogen (secondary N) is 3. The minimum absolute atomic E-state index is 0.108. The van der Waals surface area contributed by atoms with Crippen LogP contribution in [-0.2, 0) is 10.0 Å². The van der Waals surface area contributed by atoms with Crippen LogP contribution in [0.15, 0.2) is 0 Å². The lowest BCUT2D eigenvalue weighted by molar-refractivity contribution is 0.571. The third-order valence-corrected chi connectivity index (χ3v) is 3.87. The Morgan fingerprint density at radius 1 is 1.33 bits per heavy atom. The molecule has 7 heteroatoms. The third-order valence-electron chi connectivity index (χ3n) is 2.53. The Hall–Kier alpha value is -1.08. The van der Waals surface area contributed by atoms with Gasteiger partial charge in [0.1, 0.15) is 0 Å². The van der Waals surface area contributed by atoms with Crippen molar-refractivity contribution in [3.63, 3.8) is 0 Å². The Morgan fingerprint density at radius 3 is 2.50 bits per heavy atom. The molecule has 18 heavy (non-hydrogen) atoms. The Balaban J connectivity index is 2.50. The molecular weight excluding hydrogens is 252 g/mol. The normalized spacial score (nSPS) is 12.1. The SMILES string of the molecule is Cc1n[nH]c(C)c1NS(=O)(=O)CCCNC(C)C. The molecule has 104 valence electrons. The molecule has 0 amide bonds. The second-order valence-corrected chi connectivity index (χ2v) is 6.53. The number of rotatable bonds is 7. The largest absolute Gasteiger partial charge is 0.314 e. The fraction of sp³-hybridized carbons (Fsp3) is 0.727. The summed E-state index contributed by atoms with van der Waals surface area (Å²) in [6.07, 6.45) is 0.587. The van der Waals surface area contributed by atoms with Gasteiger partial charge in [0, 0.05) is 6.04 Å². The molecule has 3 N–H and O–H groups in total. The topological polar surface area (TPSA) is 86.9 Å². The average molecular weight is 274 g/mol. The van der Waals surface area contributed by atoms with E-state index in [1.807, 2.05) is 13.8 Å². The van der Waals surface area contributed by atoms with Crippen molar-refractivity contribution in [3.8, 4) is 0 Å². The minimum atomic E-state index is -3.30. The molecule has 0 aliphatic heterocycles. The van der Waals surface area contributed by atoms with Crippen LogP contribution in [0.25, 0.3) is 0 Å². The first-order valence-electron chi connectivity index (χ1n) is 6.07. The number of hydrogen-bond donors (Lipinski definition) is 3. The number of aryl methyl sites for hydroxylation is 2. The summed E-state index contributed by atoms with van der Waals surface area (Å²) in [4.78, 5) is 0. The summed E-state index contributed by atoms with van der Waals surface area (Å²) in [5, 5.41) is 9.90. The monoisotopic (exact) mass is 274 g/mol. The van der Waals surface area contributed by atoms with Gasteiger partial charge < -0.3 is 5.32 Å². The minimum Gasteiger partial charge on any atom is -0.314 e. The summed E-state index contributed by atoms with van der Waals surface area (Å²) in [6.45, 7) is 8.32. The standard InChI is InChI=1S/C11H22N4O2S/c1-8(2)12-6-5-7-18(16,17)15-11-9(3)13-14-10(11)4/h8,12,15H,5-7H2,1-4H3,(H,13,14). The number of sulfonamides is 1. The highest BCUT2D eigenvalue weighted by molar-refractivity contribution is 7.92. The Labute approximate surface area is 109 Å². The van der Waals surface area contributed by atoms with E-state index in [-0.39, 0.29) is 5.75 Å². The number of nitrogens with zero attached hydrogens (tertiary/aromatic N) is 1. The van der Waals surface area contributed by atoms with Crippen LogP contribution in [-0.4, -0.2) is 37.0 Å². The second-order valence-electron chi connectivity index (χ2n) is 4.69. The zero-order valence-electron chi connectivity index (χ0n) is 11.4. The van der Waals surface area contributed by atoms with Crippen LogP contribution in [0.5, 0.6) is 0 Å². The average Bonchev–Trinajstić information content (AvgIpc) is 2.56. The Morgan fingerprint density at radius 2 is 2.00 bits per heavy atom. The van der Waals surface area contributed by atoms with Crippen LogP contribution in [0.1, 0.15) is 31.7 Å². The fourth-order valence-corrected chi connectivity index (χ4v) is 2.80. The highest BCUT2D eigenvalue weighted by atomic mass is 32.2. The van der Waals surface area contributed by atoms with Gasteiger partial charge in [-0.2, -0.15) is 5.10 Å². The quantitative estimate of drug-likeness (QED) is 0.651. The molecule has 0 unspecified atom stereocenters. The van der Waals surface area contributed by atoms with Gasteiger partial charge in [0.2, 0.25) is 10.0 Å². The number of aromatic nitrogens is 2. The molecule has 1 heterocycles. The van der Waals surface area contributed by atoms with Gasteiger partial charge in [-0.25, -0.2) is 8.42 Å². The third kappa shape index (κ3) is 4.66. The van der Waals surface area contributed by atoms with E-state index in [4.69, 9.17) is 0 Å². The van der Waals surface area contributed by atoms with E-state index < -0.39 is 10.0 Å². The molecule has 0 spiro atoms. The lowest BCUT2D eigenvalue weighted by Gasteiger charge is -2.10. The van der Waals surface area contributed by atoms with Crippen molar-refractivity contribution in [1.82, 2.24) is 15.5 Å². The van der Waals surface area contributed by atoms with Crippen molar-refractivity contribution in [3.05, 3.63) is 11.4 Å². The zero-order chi connectivity index (χ0) is 13.8. The Kier molecular flexibility index (Phi) is 5.15. The predicted octanol–water partition coefficient (Wildman–Crippen LogP) is 1.16. The molecule has 0 fully saturated rings. The van der Waals surface area contributed by atoms with Crippen molar-refractivity contribution in [2.45, 2.75) is 40.2 Å². The van der Waals surface area contributed by atoms with Gasteiger partial charge in [0.25, 0.3) is 0 Å². The fourth-order valence-electron chi connectivity index (χ4n) is 1.56. The maximum atomic E-state index is 11.9.